The van der Waals surface area contributed by atoms with Crippen LogP contribution in [0.15, 0.2) is 59.5 Å². The molecule has 2 N–H and O–H groups in total. The fraction of sp³-hybridized carbons (Fsp3) is 0.211. The number of sulfone groups is 1. The third kappa shape index (κ3) is 4.36. The molecule has 0 fully saturated rings. The third-order valence-corrected chi connectivity index (χ3v) is 5.25. The van der Waals surface area contributed by atoms with Crippen LogP contribution in [0.2, 0.25) is 0 Å². The molecule has 0 aromatic heterocycles. The lowest BCUT2D eigenvalue weighted by atomic mass is 9.89. The lowest BCUT2D eigenvalue weighted by Gasteiger charge is -2.23. The molecule has 5 nitrogen and oxygen atoms in total. The van der Waals surface area contributed by atoms with Gasteiger partial charge in [-0.25, -0.2) is 17.6 Å². The van der Waals surface area contributed by atoms with E-state index >= 15 is 0 Å². The van der Waals surface area contributed by atoms with Crippen LogP contribution in [0, 0.1) is 5.82 Å². The normalized spacial score (nSPS) is 14.7. The largest absolute Gasteiger partial charge is 0.479 e. The van der Waals surface area contributed by atoms with Crippen molar-refractivity contribution in [3.05, 3.63) is 71.6 Å². The van der Waals surface area contributed by atoms with Gasteiger partial charge in [0.1, 0.15) is 5.82 Å². The van der Waals surface area contributed by atoms with Gasteiger partial charge in [0.25, 0.3) is 0 Å². The average Bonchev–Trinajstić information content (AvgIpc) is 2.59. The summed E-state index contributed by atoms with van der Waals surface area (Å²) in [6, 6.07) is 10.8. The molecule has 0 bridgehead atoms. The quantitative estimate of drug-likeness (QED) is 0.806. The average molecular weight is 378 g/mol. The van der Waals surface area contributed by atoms with Crippen LogP contribution in [0.3, 0.4) is 0 Å². The molecule has 2 aromatic carbocycles. The van der Waals surface area contributed by atoms with Crippen LogP contribution in [-0.2, 0) is 20.2 Å². The van der Waals surface area contributed by atoms with Gasteiger partial charge in [-0.3, -0.25) is 0 Å². The zero-order valence-corrected chi connectivity index (χ0v) is 15.1. The van der Waals surface area contributed by atoms with Crippen LogP contribution < -0.4 is 0 Å². The van der Waals surface area contributed by atoms with Crippen LogP contribution in [0.25, 0.3) is 5.57 Å². The Bertz CT molecular complexity index is 931. The van der Waals surface area contributed by atoms with Gasteiger partial charge in [0, 0.05) is 12.7 Å². The Balaban J connectivity index is 2.29. The van der Waals surface area contributed by atoms with E-state index in [1.54, 1.807) is 25.1 Å². The van der Waals surface area contributed by atoms with Crippen LogP contribution >= 0.6 is 0 Å². The van der Waals surface area contributed by atoms with Crippen LogP contribution in [-0.4, -0.2) is 30.9 Å². The van der Waals surface area contributed by atoms with Gasteiger partial charge in [0.2, 0.25) is 0 Å². The van der Waals surface area contributed by atoms with Crippen molar-refractivity contribution < 1.29 is 27.8 Å². The van der Waals surface area contributed by atoms with Crippen molar-refractivity contribution in [1.29, 1.82) is 0 Å². The van der Waals surface area contributed by atoms with Gasteiger partial charge in [-0.1, -0.05) is 30.3 Å². The highest BCUT2D eigenvalue weighted by Gasteiger charge is 2.37. The minimum atomic E-state index is -3.30. The van der Waals surface area contributed by atoms with Crippen molar-refractivity contribution in [2.75, 3.05) is 6.26 Å². The maximum absolute atomic E-state index is 13.0. The summed E-state index contributed by atoms with van der Waals surface area (Å²) in [5.41, 5.74) is -0.749. The van der Waals surface area contributed by atoms with E-state index in [9.17, 15) is 27.8 Å². The van der Waals surface area contributed by atoms with Crippen molar-refractivity contribution in [3.63, 3.8) is 0 Å². The summed E-state index contributed by atoms with van der Waals surface area (Å²) in [6.07, 6.45) is 2.43. The van der Waals surface area contributed by atoms with E-state index in [4.69, 9.17) is 0 Å². The molecule has 0 spiro atoms. The molecule has 26 heavy (non-hydrogen) atoms. The van der Waals surface area contributed by atoms with E-state index in [-0.39, 0.29) is 16.9 Å². The van der Waals surface area contributed by atoms with Gasteiger partial charge in [0.15, 0.2) is 15.4 Å². The second-order valence-electron chi connectivity index (χ2n) is 6.06. The number of benzene rings is 2. The molecule has 2 aromatic rings. The lowest BCUT2D eigenvalue weighted by molar-refractivity contribution is -0.159. The molecule has 0 heterocycles. The Hall–Kier alpha value is -2.51. The number of aliphatic carboxylic acids is 1. The summed E-state index contributed by atoms with van der Waals surface area (Å²) < 4.78 is 36.0. The fourth-order valence-electron chi connectivity index (χ4n) is 2.44. The summed E-state index contributed by atoms with van der Waals surface area (Å²) in [7, 11) is -3.30. The highest BCUT2D eigenvalue weighted by molar-refractivity contribution is 7.90. The number of carbonyl (C=O) groups is 1. The Morgan fingerprint density at radius 3 is 2.12 bits per heavy atom. The van der Waals surface area contributed by atoms with E-state index in [2.05, 4.69) is 0 Å². The lowest BCUT2D eigenvalue weighted by Crippen LogP contribution is -2.35. The highest BCUT2D eigenvalue weighted by atomic mass is 32.2. The Kier molecular flexibility index (Phi) is 5.63. The van der Waals surface area contributed by atoms with Crippen molar-refractivity contribution in [2.24, 2.45) is 0 Å². The Morgan fingerprint density at radius 2 is 1.65 bits per heavy atom. The van der Waals surface area contributed by atoms with Crippen molar-refractivity contribution in [3.8, 4) is 0 Å². The smallest absolute Gasteiger partial charge is 0.340 e. The summed E-state index contributed by atoms with van der Waals surface area (Å²) >= 11 is 0. The molecule has 0 saturated heterocycles. The minimum absolute atomic E-state index is 0.0721. The van der Waals surface area contributed by atoms with Gasteiger partial charge in [-0.15, -0.1) is 0 Å². The molecule has 138 valence electrons. The minimum Gasteiger partial charge on any atom is -0.479 e. The molecular weight excluding hydrogens is 359 g/mol. The van der Waals surface area contributed by atoms with Gasteiger partial charge in [-0.2, -0.15) is 0 Å². The van der Waals surface area contributed by atoms with Crippen molar-refractivity contribution >= 4 is 21.4 Å². The predicted molar refractivity (Wildman–Crippen MR) is 95.8 cm³/mol. The Labute approximate surface area is 151 Å². The maximum Gasteiger partial charge on any atom is 0.340 e. The van der Waals surface area contributed by atoms with E-state index in [1.165, 1.54) is 24.3 Å². The van der Waals surface area contributed by atoms with Crippen LogP contribution in [0.5, 0.6) is 0 Å². The summed E-state index contributed by atoms with van der Waals surface area (Å²) in [4.78, 5) is 11.8. The first-order valence-corrected chi connectivity index (χ1v) is 9.62. The predicted octanol–water partition coefficient (Wildman–Crippen LogP) is 3.00. The number of halogens is 1. The number of hydrogen-bond acceptors (Lipinski definition) is 4. The number of carboxylic acids is 1. The molecular formula is C19H19FO5S. The van der Waals surface area contributed by atoms with E-state index in [0.717, 1.165) is 18.4 Å². The molecule has 0 amide bonds. The number of carboxylic acid groups (broad SMARTS) is 1. The molecule has 7 heteroatoms. The standard InChI is InChI=1S/C19H19FO5S/c1-13(14-3-9-17(10-4-14)26(2,24)25)11-12-19(23,18(21)22)15-5-7-16(20)8-6-15/h3-11,23H,12H2,1-2H3,(H,21,22). The third-order valence-electron chi connectivity index (χ3n) is 4.12. The molecule has 1 atom stereocenters. The molecule has 0 radical (unpaired) electrons. The number of rotatable bonds is 6. The van der Waals surface area contributed by atoms with E-state index in [0.29, 0.717) is 11.1 Å². The molecule has 1 unspecified atom stereocenters. The topological polar surface area (TPSA) is 91.7 Å². The maximum atomic E-state index is 13.0. The summed E-state index contributed by atoms with van der Waals surface area (Å²) in [6.45, 7) is 1.72. The molecule has 0 aliphatic rings. The Morgan fingerprint density at radius 1 is 1.12 bits per heavy atom. The molecule has 2 rings (SSSR count). The number of hydrogen-bond donors (Lipinski definition) is 2. The van der Waals surface area contributed by atoms with Gasteiger partial charge >= 0.3 is 5.97 Å². The first-order valence-electron chi connectivity index (χ1n) is 7.73. The fourth-order valence-corrected chi connectivity index (χ4v) is 3.07. The monoisotopic (exact) mass is 378 g/mol. The second-order valence-corrected chi connectivity index (χ2v) is 8.08. The van der Waals surface area contributed by atoms with Gasteiger partial charge in [-0.05, 0) is 47.9 Å². The zero-order valence-electron chi connectivity index (χ0n) is 14.3. The molecule has 0 saturated carbocycles. The molecule has 0 aliphatic carbocycles. The van der Waals surface area contributed by atoms with Crippen LogP contribution in [0.4, 0.5) is 4.39 Å². The SMILES string of the molecule is CC(=CCC(O)(C(=O)O)c1ccc(F)cc1)c1ccc(S(C)(=O)=O)cc1. The zero-order chi connectivity index (χ0) is 19.5. The van der Waals surface area contributed by atoms with E-state index in [1.807, 2.05) is 0 Å². The van der Waals surface area contributed by atoms with E-state index < -0.39 is 27.2 Å². The van der Waals surface area contributed by atoms with Gasteiger partial charge in [0.05, 0.1) is 4.90 Å². The van der Waals surface area contributed by atoms with Crippen molar-refractivity contribution in [2.45, 2.75) is 23.8 Å². The first kappa shape index (κ1) is 19.8. The van der Waals surface area contributed by atoms with Crippen molar-refractivity contribution in [1.82, 2.24) is 0 Å². The summed E-state index contributed by atoms with van der Waals surface area (Å²) in [5.74, 6) is -1.97. The van der Waals surface area contributed by atoms with Gasteiger partial charge < -0.3 is 10.2 Å². The summed E-state index contributed by atoms with van der Waals surface area (Å²) in [5, 5.41) is 20.0. The highest BCUT2D eigenvalue weighted by Crippen LogP contribution is 2.28. The first-order chi connectivity index (χ1) is 12.0. The molecule has 0 aliphatic heterocycles. The number of aliphatic hydroxyl groups is 1. The number of allylic oxidation sites excluding steroid dienone is 1. The van der Waals surface area contributed by atoms with Crippen LogP contribution in [0.1, 0.15) is 24.5 Å². The second kappa shape index (κ2) is 7.39.